The van der Waals surface area contributed by atoms with Crippen LogP contribution in [-0.2, 0) is 14.1 Å². The second-order valence-corrected chi connectivity index (χ2v) is 5.83. The molecule has 1 aromatic carbocycles. The third-order valence-electron chi connectivity index (χ3n) is 4.13. The first-order chi connectivity index (χ1) is 12.1. The van der Waals surface area contributed by atoms with Gasteiger partial charge < -0.3 is 19.0 Å². The Kier molecular flexibility index (Phi) is 3.70. The Morgan fingerprint density at radius 2 is 1.88 bits per heavy atom. The molecule has 1 N–H and O–H groups in total. The Morgan fingerprint density at radius 3 is 2.68 bits per heavy atom. The van der Waals surface area contributed by atoms with Gasteiger partial charge in [-0.15, -0.1) is 0 Å². The molecule has 0 saturated carbocycles. The number of aromatic nitrogens is 5. The topological polar surface area (TPSA) is 78.0 Å². The van der Waals surface area contributed by atoms with E-state index < -0.39 is 6.10 Å². The Morgan fingerprint density at radius 1 is 1.00 bits per heavy atom. The van der Waals surface area contributed by atoms with Gasteiger partial charge in [-0.05, 0) is 24.3 Å². The van der Waals surface area contributed by atoms with Crippen molar-refractivity contribution in [2.24, 2.45) is 14.1 Å². The summed E-state index contributed by atoms with van der Waals surface area (Å²) >= 11 is 0. The fourth-order valence-electron chi connectivity index (χ4n) is 2.78. The molecule has 0 fully saturated rings. The molecule has 7 nitrogen and oxygen atoms in total. The smallest absolute Gasteiger partial charge is 0.222 e. The quantitative estimate of drug-likeness (QED) is 0.620. The molecule has 0 spiro atoms. The van der Waals surface area contributed by atoms with E-state index in [1.54, 1.807) is 23.0 Å². The van der Waals surface area contributed by atoms with Crippen molar-refractivity contribution in [2.75, 3.05) is 0 Å². The van der Waals surface area contributed by atoms with Gasteiger partial charge in [-0.25, -0.2) is 15.0 Å². The fourth-order valence-corrected chi connectivity index (χ4v) is 2.78. The van der Waals surface area contributed by atoms with Crippen LogP contribution in [0.25, 0.3) is 10.9 Å². The maximum absolute atomic E-state index is 10.5. The van der Waals surface area contributed by atoms with Gasteiger partial charge in [0.1, 0.15) is 17.9 Å². The van der Waals surface area contributed by atoms with E-state index in [9.17, 15) is 5.11 Å². The van der Waals surface area contributed by atoms with E-state index in [-0.39, 0.29) is 0 Å². The summed E-state index contributed by atoms with van der Waals surface area (Å²) < 4.78 is 9.63. The normalized spacial score (nSPS) is 12.4. The highest BCUT2D eigenvalue weighted by Gasteiger charge is 2.17. The van der Waals surface area contributed by atoms with Crippen LogP contribution in [0.1, 0.15) is 17.6 Å². The van der Waals surface area contributed by atoms with Crippen molar-refractivity contribution in [2.45, 2.75) is 6.10 Å². The number of imidazole rings is 1. The van der Waals surface area contributed by atoms with Gasteiger partial charge >= 0.3 is 0 Å². The molecular weight excluding hydrogens is 318 g/mol. The largest absolute Gasteiger partial charge is 0.439 e. The number of aryl methyl sites for hydroxylation is 2. The van der Waals surface area contributed by atoms with Crippen molar-refractivity contribution in [1.29, 1.82) is 0 Å². The highest BCUT2D eigenvalue weighted by atomic mass is 16.5. The van der Waals surface area contributed by atoms with Crippen LogP contribution in [0, 0.1) is 0 Å². The molecule has 0 amide bonds. The van der Waals surface area contributed by atoms with Crippen molar-refractivity contribution in [3.63, 3.8) is 0 Å². The number of fused-ring (bicyclic) bond motifs is 1. The van der Waals surface area contributed by atoms with Crippen LogP contribution in [0.3, 0.4) is 0 Å². The summed E-state index contributed by atoms with van der Waals surface area (Å²) in [5.74, 6) is 1.55. The molecule has 4 aromatic rings. The maximum atomic E-state index is 10.5. The lowest BCUT2D eigenvalue weighted by atomic mass is 10.2. The number of hydrogen-bond acceptors (Lipinski definition) is 5. The van der Waals surface area contributed by atoms with Crippen LogP contribution in [0.4, 0.5) is 0 Å². The van der Waals surface area contributed by atoms with E-state index in [1.165, 1.54) is 6.33 Å². The number of aliphatic hydroxyl groups is 1. The second kappa shape index (κ2) is 6.03. The molecule has 7 heteroatoms. The van der Waals surface area contributed by atoms with Crippen molar-refractivity contribution in [1.82, 2.24) is 24.1 Å². The zero-order valence-corrected chi connectivity index (χ0v) is 13.9. The molecule has 3 aromatic heterocycles. The third-order valence-corrected chi connectivity index (χ3v) is 4.13. The van der Waals surface area contributed by atoms with Crippen LogP contribution in [0.15, 0.2) is 55.2 Å². The van der Waals surface area contributed by atoms with Gasteiger partial charge in [-0.3, -0.25) is 0 Å². The molecular formula is C18H17N5O2. The molecule has 0 aliphatic rings. The summed E-state index contributed by atoms with van der Waals surface area (Å²) in [6.07, 6.45) is 5.83. The van der Waals surface area contributed by atoms with E-state index in [4.69, 9.17) is 4.74 Å². The van der Waals surface area contributed by atoms with Crippen molar-refractivity contribution < 1.29 is 9.84 Å². The van der Waals surface area contributed by atoms with E-state index in [0.717, 1.165) is 10.9 Å². The molecule has 1 atom stereocenters. The summed E-state index contributed by atoms with van der Waals surface area (Å²) in [7, 11) is 3.82. The van der Waals surface area contributed by atoms with E-state index in [1.807, 2.05) is 49.1 Å². The SMILES string of the molecule is Cn1ccnc1C(O)c1cc(Oc2ccc3c(ccn3C)c2)ncn1. The van der Waals surface area contributed by atoms with E-state index in [0.29, 0.717) is 23.1 Å². The zero-order valence-electron chi connectivity index (χ0n) is 13.9. The van der Waals surface area contributed by atoms with E-state index >= 15 is 0 Å². The zero-order chi connectivity index (χ0) is 17.4. The number of hydrogen-bond donors (Lipinski definition) is 1. The molecule has 1 unspecified atom stereocenters. The molecule has 0 aliphatic carbocycles. The summed E-state index contributed by atoms with van der Waals surface area (Å²) in [4.78, 5) is 12.4. The lowest BCUT2D eigenvalue weighted by Crippen LogP contribution is -2.09. The van der Waals surface area contributed by atoms with Gasteiger partial charge in [-0.2, -0.15) is 0 Å². The summed E-state index contributed by atoms with van der Waals surface area (Å²) in [6.45, 7) is 0. The standard InChI is InChI=1S/C18H17N5O2/c1-22-7-5-12-9-13(3-4-15(12)22)25-16-10-14(20-11-21-16)17(24)18-19-6-8-23(18)2/h3-11,17,24H,1-2H3. The van der Waals surface area contributed by atoms with Gasteiger partial charge in [0, 0.05) is 49.7 Å². The Bertz CT molecular complexity index is 1040. The Hall–Kier alpha value is -3.19. The molecule has 0 bridgehead atoms. The first-order valence-corrected chi connectivity index (χ1v) is 7.82. The first kappa shape index (κ1) is 15.3. The van der Waals surface area contributed by atoms with Gasteiger partial charge in [0.05, 0.1) is 5.69 Å². The fraction of sp³-hybridized carbons (Fsp3) is 0.167. The minimum atomic E-state index is -0.943. The monoisotopic (exact) mass is 335 g/mol. The number of ether oxygens (including phenoxy) is 1. The number of aliphatic hydroxyl groups excluding tert-OH is 1. The van der Waals surface area contributed by atoms with Gasteiger partial charge in [0.2, 0.25) is 5.88 Å². The molecule has 0 saturated heterocycles. The average Bonchev–Trinajstić information content (AvgIpc) is 3.20. The lowest BCUT2D eigenvalue weighted by molar-refractivity contribution is 0.200. The Labute approximate surface area is 144 Å². The molecule has 0 radical (unpaired) electrons. The molecule has 3 heterocycles. The van der Waals surface area contributed by atoms with Crippen LogP contribution in [-0.4, -0.2) is 29.2 Å². The molecule has 0 aliphatic heterocycles. The van der Waals surface area contributed by atoms with Crippen molar-refractivity contribution >= 4 is 10.9 Å². The van der Waals surface area contributed by atoms with Crippen LogP contribution in [0.5, 0.6) is 11.6 Å². The summed E-state index contributed by atoms with van der Waals surface area (Å²) in [5, 5.41) is 11.5. The highest BCUT2D eigenvalue weighted by Crippen LogP contribution is 2.26. The Balaban J connectivity index is 1.61. The van der Waals surface area contributed by atoms with Crippen molar-refractivity contribution in [3.05, 3.63) is 66.8 Å². The minimum absolute atomic E-state index is 0.369. The highest BCUT2D eigenvalue weighted by molar-refractivity contribution is 5.81. The summed E-state index contributed by atoms with van der Waals surface area (Å²) in [5.41, 5.74) is 1.56. The van der Waals surface area contributed by atoms with Gasteiger partial charge in [0.15, 0.2) is 6.10 Å². The molecule has 4 rings (SSSR count). The predicted octanol–water partition coefficient (Wildman–Crippen LogP) is 2.58. The minimum Gasteiger partial charge on any atom is -0.439 e. The first-order valence-electron chi connectivity index (χ1n) is 7.82. The lowest BCUT2D eigenvalue weighted by Gasteiger charge is -2.11. The number of benzene rings is 1. The van der Waals surface area contributed by atoms with Crippen LogP contribution in [0.2, 0.25) is 0 Å². The molecule has 126 valence electrons. The molecule has 25 heavy (non-hydrogen) atoms. The number of rotatable bonds is 4. The van der Waals surface area contributed by atoms with Gasteiger partial charge in [0.25, 0.3) is 0 Å². The van der Waals surface area contributed by atoms with Crippen molar-refractivity contribution in [3.8, 4) is 11.6 Å². The second-order valence-electron chi connectivity index (χ2n) is 5.83. The predicted molar refractivity (Wildman–Crippen MR) is 92.3 cm³/mol. The van der Waals surface area contributed by atoms with Crippen LogP contribution < -0.4 is 4.74 Å². The van der Waals surface area contributed by atoms with Gasteiger partial charge in [-0.1, -0.05) is 0 Å². The summed E-state index contributed by atoms with van der Waals surface area (Å²) in [6, 6.07) is 9.48. The van der Waals surface area contributed by atoms with E-state index in [2.05, 4.69) is 15.0 Å². The average molecular weight is 335 g/mol. The third kappa shape index (κ3) is 2.85. The number of nitrogens with zero attached hydrogens (tertiary/aromatic N) is 5. The van der Waals surface area contributed by atoms with Crippen LogP contribution >= 0.6 is 0 Å². The maximum Gasteiger partial charge on any atom is 0.222 e.